The maximum Gasteiger partial charge on any atom is 0.0538 e. The zero-order chi connectivity index (χ0) is 14.8. The Morgan fingerprint density at radius 1 is 1.52 bits per heavy atom. The molecule has 2 unspecified atom stereocenters. The van der Waals surface area contributed by atoms with E-state index in [2.05, 4.69) is 47.1 Å². The first kappa shape index (κ1) is 14.8. The summed E-state index contributed by atoms with van der Waals surface area (Å²) in [7, 11) is 6.24. The molecular formula is C16H24N4S. The van der Waals surface area contributed by atoms with Crippen molar-refractivity contribution in [3.63, 3.8) is 0 Å². The lowest BCUT2D eigenvalue weighted by Gasteiger charge is -2.29. The lowest BCUT2D eigenvalue weighted by Crippen LogP contribution is -2.34. The van der Waals surface area contributed by atoms with Gasteiger partial charge in [-0.15, -0.1) is 11.3 Å². The van der Waals surface area contributed by atoms with E-state index in [0.717, 1.165) is 6.54 Å². The number of hydrogen-bond donors (Lipinski definition) is 1. The van der Waals surface area contributed by atoms with E-state index in [0.29, 0.717) is 12.1 Å². The van der Waals surface area contributed by atoms with Crippen LogP contribution >= 0.6 is 11.3 Å². The molecule has 2 heterocycles. The summed E-state index contributed by atoms with van der Waals surface area (Å²) < 4.78 is 1.88. The van der Waals surface area contributed by atoms with Crippen LogP contribution in [0, 0.1) is 0 Å². The van der Waals surface area contributed by atoms with Crippen LogP contribution in [-0.2, 0) is 13.5 Å². The summed E-state index contributed by atoms with van der Waals surface area (Å²) in [6.07, 6.45) is 7.89. The molecule has 0 saturated carbocycles. The molecule has 0 radical (unpaired) electrons. The highest BCUT2D eigenvalue weighted by Crippen LogP contribution is 2.33. The molecule has 0 amide bonds. The Balaban J connectivity index is 1.68. The molecule has 2 aromatic heterocycles. The Morgan fingerprint density at radius 2 is 2.38 bits per heavy atom. The molecule has 3 rings (SSSR count). The minimum absolute atomic E-state index is 0.364. The zero-order valence-corrected chi connectivity index (χ0v) is 13.9. The van der Waals surface area contributed by atoms with Crippen molar-refractivity contribution in [1.82, 2.24) is 20.0 Å². The summed E-state index contributed by atoms with van der Waals surface area (Å²) in [6, 6.07) is 3.17. The van der Waals surface area contributed by atoms with Gasteiger partial charge in [0.25, 0.3) is 0 Å². The molecule has 5 heteroatoms. The standard InChI is InChI=1S/C16H24N4S/c1-19(2)15(12-9-18-20(3)11-12)10-17-14-5-4-6-16-13(14)7-8-21-16/h7-9,11,14-15,17H,4-6,10H2,1-3H3. The smallest absolute Gasteiger partial charge is 0.0538 e. The summed E-state index contributed by atoms with van der Waals surface area (Å²) in [6.45, 7) is 0.957. The quantitative estimate of drug-likeness (QED) is 0.922. The highest BCUT2D eigenvalue weighted by Gasteiger charge is 2.23. The predicted molar refractivity (Wildman–Crippen MR) is 87.6 cm³/mol. The average molecular weight is 304 g/mol. The fourth-order valence-electron chi connectivity index (χ4n) is 3.16. The molecule has 0 saturated heterocycles. The summed E-state index contributed by atoms with van der Waals surface area (Å²) >= 11 is 1.91. The van der Waals surface area contributed by atoms with Crippen LogP contribution in [0.1, 0.15) is 40.9 Å². The van der Waals surface area contributed by atoms with E-state index in [1.54, 1.807) is 4.88 Å². The van der Waals surface area contributed by atoms with Crippen LogP contribution in [0.5, 0.6) is 0 Å². The number of nitrogens with zero attached hydrogens (tertiary/aromatic N) is 3. The number of thiophene rings is 1. The average Bonchev–Trinajstić information content (AvgIpc) is 3.08. The van der Waals surface area contributed by atoms with Crippen LogP contribution in [0.3, 0.4) is 0 Å². The molecule has 0 fully saturated rings. The van der Waals surface area contributed by atoms with Gasteiger partial charge >= 0.3 is 0 Å². The summed E-state index contributed by atoms with van der Waals surface area (Å²) in [5.41, 5.74) is 2.80. The van der Waals surface area contributed by atoms with E-state index in [1.807, 2.05) is 29.3 Å². The van der Waals surface area contributed by atoms with Gasteiger partial charge in [-0.3, -0.25) is 4.68 Å². The van der Waals surface area contributed by atoms with Crippen LogP contribution in [0.2, 0.25) is 0 Å². The van der Waals surface area contributed by atoms with Crippen LogP contribution < -0.4 is 5.32 Å². The Bertz CT molecular complexity index is 587. The van der Waals surface area contributed by atoms with Crippen molar-refractivity contribution >= 4 is 11.3 Å². The number of likely N-dealkylation sites (N-methyl/N-ethyl adjacent to an activating group) is 1. The number of hydrogen-bond acceptors (Lipinski definition) is 4. The molecule has 114 valence electrons. The Morgan fingerprint density at radius 3 is 3.10 bits per heavy atom. The number of fused-ring (bicyclic) bond motifs is 1. The molecule has 1 aliphatic carbocycles. The zero-order valence-electron chi connectivity index (χ0n) is 13.0. The van der Waals surface area contributed by atoms with Crippen molar-refractivity contribution in [3.05, 3.63) is 39.8 Å². The molecule has 2 atom stereocenters. The number of rotatable bonds is 5. The van der Waals surface area contributed by atoms with Crippen LogP contribution in [0.4, 0.5) is 0 Å². The van der Waals surface area contributed by atoms with Gasteiger partial charge in [0.1, 0.15) is 0 Å². The van der Waals surface area contributed by atoms with Crippen LogP contribution in [0.25, 0.3) is 0 Å². The molecule has 1 aliphatic rings. The van der Waals surface area contributed by atoms with Gasteiger partial charge in [0, 0.05) is 42.3 Å². The van der Waals surface area contributed by atoms with Crippen molar-refractivity contribution < 1.29 is 0 Å². The number of aryl methyl sites for hydroxylation is 2. The van der Waals surface area contributed by atoms with Gasteiger partial charge in [0.05, 0.1) is 6.20 Å². The van der Waals surface area contributed by atoms with E-state index < -0.39 is 0 Å². The van der Waals surface area contributed by atoms with Crippen molar-refractivity contribution in [2.45, 2.75) is 31.3 Å². The minimum atomic E-state index is 0.364. The highest BCUT2D eigenvalue weighted by molar-refractivity contribution is 7.10. The first-order valence-electron chi connectivity index (χ1n) is 7.60. The fourth-order valence-corrected chi connectivity index (χ4v) is 4.15. The summed E-state index contributed by atoms with van der Waals surface area (Å²) in [5, 5.41) is 10.3. The van der Waals surface area contributed by atoms with E-state index >= 15 is 0 Å². The van der Waals surface area contributed by atoms with Gasteiger partial charge in [-0.25, -0.2) is 0 Å². The van der Waals surface area contributed by atoms with Crippen LogP contribution in [0.15, 0.2) is 23.8 Å². The van der Waals surface area contributed by atoms with Gasteiger partial charge in [-0.1, -0.05) is 0 Å². The van der Waals surface area contributed by atoms with Gasteiger partial charge in [-0.05, 0) is 50.4 Å². The third-order valence-electron chi connectivity index (χ3n) is 4.34. The molecular weight excluding hydrogens is 280 g/mol. The van der Waals surface area contributed by atoms with E-state index in [9.17, 15) is 0 Å². The van der Waals surface area contributed by atoms with Gasteiger partial charge in [0.2, 0.25) is 0 Å². The maximum absolute atomic E-state index is 4.31. The second-order valence-corrected chi connectivity index (χ2v) is 7.08. The van der Waals surface area contributed by atoms with Crippen LogP contribution in [-0.4, -0.2) is 35.3 Å². The lowest BCUT2D eigenvalue weighted by molar-refractivity contribution is 0.275. The molecule has 2 aromatic rings. The molecule has 0 aromatic carbocycles. The largest absolute Gasteiger partial charge is 0.308 e. The maximum atomic E-state index is 4.31. The number of aromatic nitrogens is 2. The number of nitrogens with one attached hydrogen (secondary N) is 1. The van der Waals surface area contributed by atoms with Gasteiger partial charge < -0.3 is 10.2 Å². The molecule has 1 N–H and O–H groups in total. The van der Waals surface area contributed by atoms with Gasteiger partial charge in [0.15, 0.2) is 0 Å². The predicted octanol–water partition coefficient (Wildman–Crippen LogP) is 2.75. The third kappa shape index (κ3) is 3.20. The Kier molecular flexibility index (Phi) is 4.42. The van der Waals surface area contributed by atoms with Crippen molar-refractivity contribution in [2.24, 2.45) is 7.05 Å². The SMILES string of the molecule is CN(C)C(CNC1CCCc2sccc21)c1cnn(C)c1. The molecule has 0 aliphatic heterocycles. The highest BCUT2D eigenvalue weighted by atomic mass is 32.1. The lowest BCUT2D eigenvalue weighted by atomic mass is 9.93. The van der Waals surface area contributed by atoms with Gasteiger partial charge in [-0.2, -0.15) is 5.10 Å². The van der Waals surface area contributed by atoms with Crippen molar-refractivity contribution in [3.8, 4) is 0 Å². The molecule has 0 bridgehead atoms. The minimum Gasteiger partial charge on any atom is -0.308 e. The Hall–Kier alpha value is -1.17. The van der Waals surface area contributed by atoms with E-state index in [4.69, 9.17) is 0 Å². The Labute approximate surface area is 130 Å². The van der Waals surface area contributed by atoms with E-state index in [1.165, 1.54) is 30.4 Å². The first-order valence-corrected chi connectivity index (χ1v) is 8.47. The normalized spacial score (nSPS) is 19.7. The summed E-state index contributed by atoms with van der Waals surface area (Å²) in [5.74, 6) is 0. The summed E-state index contributed by atoms with van der Waals surface area (Å²) in [4.78, 5) is 3.84. The van der Waals surface area contributed by atoms with Crippen molar-refractivity contribution in [1.29, 1.82) is 0 Å². The monoisotopic (exact) mass is 304 g/mol. The van der Waals surface area contributed by atoms with Crippen molar-refractivity contribution in [2.75, 3.05) is 20.6 Å². The fraction of sp³-hybridized carbons (Fsp3) is 0.562. The topological polar surface area (TPSA) is 33.1 Å². The second-order valence-electron chi connectivity index (χ2n) is 6.08. The molecule has 21 heavy (non-hydrogen) atoms. The third-order valence-corrected chi connectivity index (χ3v) is 5.34. The first-order chi connectivity index (χ1) is 10.1. The van der Waals surface area contributed by atoms with E-state index in [-0.39, 0.29) is 0 Å². The molecule has 0 spiro atoms. The molecule has 4 nitrogen and oxygen atoms in total. The second kappa shape index (κ2) is 6.30.